The molecule has 0 aliphatic rings. The van der Waals surface area contributed by atoms with E-state index < -0.39 is 30.2 Å². The molecule has 0 fully saturated rings. The number of rotatable bonds is 12. The van der Waals surface area contributed by atoms with E-state index in [0.29, 0.717) is 12.8 Å². The first-order valence-corrected chi connectivity index (χ1v) is 8.37. The molecule has 1 unspecified atom stereocenters. The van der Waals surface area contributed by atoms with Crippen molar-refractivity contribution >= 4 is 29.9 Å². The molecule has 1 atom stereocenters. The van der Waals surface area contributed by atoms with Crippen LogP contribution in [-0.4, -0.2) is 72.8 Å². The second-order valence-corrected chi connectivity index (χ2v) is 5.69. The summed E-state index contributed by atoms with van der Waals surface area (Å²) in [4.78, 5) is 56.8. The van der Waals surface area contributed by atoms with E-state index in [9.17, 15) is 24.0 Å². The summed E-state index contributed by atoms with van der Waals surface area (Å²) in [7, 11) is 2.84. The van der Waals surface area contributed by atoms with Crippen molar-refractivity contribution in [1.82, 2.24) is 26.6 Å². The van der Waals surface area contributed by atoms with Gasteiger partial charge in [-0.15, -0.1) is 0 Å². The average Bonchev–Trinajstić information content (AvgIpc) is 2.59. The smallest absolute Gasteiger partial charge is 0.405 e. The fraction of sp³-hybridized carbons (Fsp3) is 0.667. The Kier molecular flexibility index (Phi) is 11.7. The second kappa shape index (κ2) is 13.2. The highest BCUT2D eigenvalue weighted by Gasteiger charge is 2.25. The van der Waals surface area contributed by atoms with Crippen LogP contribution < -0.4 is 26.6 Å². The lowest BCUT2D eigenvalue weighted by atomic mass is 10.1. The largest absolute Gasteiger partial charge is 0.465 e. The van der Waals surface area contributed by atoms with Crippen LogP contribution >= 0.6 is 0 Å². The predicted octanol–water partition coefficient (Wildman–Crippen LogP) is -1.18. The third kappa shape index (κ3) is 12.0. The normalized spacial score (nSPS) is 11.2. The molecule has 0 heterocycles. The zero-order valence-electron chi connectivity index (χ0n) is 15.3. The molecule has 7 N–H and O–H groups in total. The molecule has 154 valence electrons. The van der Waals surface area contributed by atoms with Crippen LogP contribution in [-0.2, 0) is 14.4 Å². The number of hydrogen-bond donors (Lipinski definition) is 7. The Labute approximate surface area is 156 Å². The van der Waals surface area contributed by atoms with Gasteiger partial charge in [-0.1, -0.05) is 0 Å². The van der Waals surface area contributed by atoms with Crippen molar-refractivity contribution in [2.75, 3.05) is 20.6 Å². The van der Waals surface area contributed by atoms with Gasteiger partial charge in [0.25, 0.3) is 0 Å². The SMILES string of the molecule is CNC(=O)CC(CC(=O)NC)NC(=O)C(CCCCNC(=O)O)NC(=O)O. The Morgan fingerprint density at radius 2 is 1.37 bits per heavy atom. The fourth-order valence-electron chi connectivity index (χ4n) is 2.21. The zero-order valence-corrected chi connectivity index (χ0v) is 15.3. The van der Waals surface area contributed by atoms with Crippen LogP contribution in [0.2, 0.25) is 0 Å². The molecular formula is C15H27N5O7. The van der Waals surface area contributed by atoms with Gasteiger partial charge < -0.3 is 36.8 Å². The fourth-order valence-corrected chi connectivity index (χ4v) is 2.21. The number of hydrogen-bond acceptors (Lipinski definition) is 5. The van der Waals surface area contributed by atoms with E-state index in [1.165, 1.54) is 14.1 Å². The highest BCUT2D eigenvalue weighted by Crippen LogP contribution is 2.05. The van der Waals surface area contributed by atoms with Gasteiger partial charge >= 0.3 is 12.2 Å². The van der Waals surface area contributed by atoms with Crippen molar-refractivity contribution in [2.45, 2.75) is 44.2 Å². The molecular weight excluding hydrogens is 362 g/mol. The van der Waals surface area contributed by atoms with Crippen molar-refractivity contribution in [3.8, 4) is 0 Å². The number of unbranched alkanes of at least 4 members (excludes halogenated alkanes) is 1. The minimum atomic E-state index is -1.40. The van der Waals surface area contributed by atoms with Crippen molar-refractivity contribution < 1.29 is 34.2 Å². The topological polar surface area (TPSA) is 186 Å². The summed E-state index contributed by atoms with van der Waals surface area (Å²) in [6.45, 7) is 0.173. The van der Waals surface area contributed by atoms with Gasteiger partial charge in [0.05, 0.1) is 0 Å². The first-order valence-electron chi connectivity index (χ1n) is 8.37. The lowest BCUT2D eigenvalue weighted by Gasteiger charge is -2.22. The van der Waals surface area contributed by atoms with Crippen molar-refractivity contribution in [3.05, 3.63) is 0 Å². The molecule has 0 aromatic carbocycles. The summed E-state index contributed by atoms with van der Waals surface area (Å²) in [5.41, 5.74) is 0. The molecule has 0 aromatic heterocycles. The average molecular weight is 389 g/mol. The molecule has 27 heavy (non-hydrogen) atoms. The summed E-state index contributed by atoms with van der Waals surface area (Å²) in [5, 5.41) is 28.9. The number of carbonyl (C=O) groups is 5. The predicted molar refractivity (Wildman–Crippen MR) is 94.1 cm³/mol. The van der Waals surface area contributed by atoms with Crippen LogP contribution in [0.1, 0.15) is 32.1 Å². The Balaban J connectivity index is 4.81. The highest BCUT2D eigenvalue weighted by atomic mass is 16.4. The van der Waals surface area contributed by atoms with Gasteiger partial charge in [0.2, 0.25) is 17.7 Å². The summed E-state index contributed by atoms with van der Waals surface area (Å²) in [6, 6.07) is -1.90. The number of amides is 5. The van der Waals surface area contributed by atoms with Gasteiger partial charge in [-0.05, 0) is 19.3 Å². The quantitative estimate of drug-likeness (QED) is 0.205. The minimum absolute atomic E-state index is 0.131. The number of nitrogens with one attached hydrogen (secondary N) is 5. The molecule has 0 rings (SSSR count). The lowest BCUT2D eigenvalue weighted by molar-refractivity contribution is -0.126. The summed E-state index contributed by atoms with van der Waals surface area (Å²) < 4.78 is 0. The molecule has 0 saturated heterocycles. The lowest BCUT2D eigenvalue weighted by Crippen LogP contribution is -2.51. The molecule has 0 saturated carbocycles. The van der Waals surface area contributed by atoms with Gasteiger partial charge in [0.15, 0.2) is 0 Å². The molecule has 0 bridgehead atoms. The third-order valence-electron chi connectivity index (χ3n) is 3.58. The first-order chi connectivity index (χ1) is 12.7. The first kappa shape index (κ1) is 23.9. The standard InChI is InChI=1S/C15H27N5O7/c1-16-11(21)7-9(8-12(22)17-2)19-13(23)10(20-15(26)27)5-3-4-6-18-14(24)25/h9-10,18,20H,3-8H2,1-2H3,(H,16,21)(H,17,22)(H,19,23)(H,24,25)(H,26,27). The van der Waals surface area contributed by atoms with Crippen molar-refractivity contribution in [3.63, 3.8) is 0 Å². The van der Waals surface area contributed by atoms with Gasteiger partial charge in [0.1, 0.15) is 6.04 Å². The Hall–Kier alpha value is -3.05. The third-order valence-corrected chi connectivity index (χ3v) is 3.58. The van der Waals surface area contributed by atoms with Crippen molar-refractivity contribution in [2.24, 2.45) is 0 Å². The number of carbonyl (C=O) groups excluding carboxylic acids is 3. The van der Waals surface area contributed by atoms with E-state index in [-0.39, 0.29) is 37.6 Å². The van der Waals surface area contributed by atoms with Crippen LogP contribution in [0.15, 0.2) is 0 Å². The van der Waals surface area contributed by atoms with Crippen LogP contribution in [0, 0.1) is 0 Å². The molecule has 0 aliphatic heterocycles. The number of carboxylic acid groups (broad SMARTS) is 2. The molecule has 0 radical (unpaired) electrons. The zero-order chi connectivity index (χ0) is 20.8. The molecule has 12 nitrogen and oxygen atoms in total. The highest BCUT2D eigenvalue weighted by molar-refractivity contribution is 5.87. The van der Waals surface area contributed by atoms with Gasteiger partial charge in [-0.3, -0.25) is 14.4 Å². The molecule has 0 aliphatic carbocycles. The summed E-state index contributed by atoms with van der Waals surface area (Å²) in [5.74, 6) is -1.43. The van der Waals surface area contributed by atoms with E-state index in [1.54, 1.807) is 0 Å². The minimum Gasteiger partial charge on any atom is -0.465 e. The van der Waals surface area contributed by atoms with Crippen LogP contribution in [0.4, 0.5) is 9.59 Å². The van der Waals surface area contributed by atoms with Gasteiger partial charge in [-0.2, -0.15) is 0 Å². The van der Waals surface area contributed by atoms with E-state index in [2.05, 4.69) is 26.6 Å². The molecule has 0 aromatic rings. The van der Waals surface area contributed by atoms with E-state index in [1.807, 2.05) is 0 Å². The monoisotopic (exact) mass is 389 g/mol. The summed E-state index contributed by atoms with van der Waals surface area (Å²) in [6.07, 6.45) is -1.92. The maximum atomic E-state index is 12.4. The van der Waals surface area contributed by atoms with Crippen LogP contribution in [0.25, 0.3) is 0 Å². The molecule has 0 spiro atoms. The Morgan fingerprint density at radius 3 is 1.81 bits per heavy atom. The maximum Gasteiger partial charge on any atom is 0.405 e. The Bertz CT molecular complexity index is 523. The van der Waals surface area contributed by atoms with Crippen LogP contribution in [0.5, 0.6) is 0 Å². The van der Waals surface area contributed by atoms with Crippen LogP contribution in [0.3, 0.4) is 0 Å². The molecule has 12 heteroatoms. The summed E-state index contributed by atoms with van der Waals surface area (Å²) >= 11 is 0. The van der Waals surface area contributed by atoms with E-state index >= 15 is 0 Å². The van der Waals surface area contributed by atoms with Gasteiger partial charge in [-0.25, -0.2) is 9.59 Å². The molecule has 5 amide bonds. The maximum absolute atomic E-state index is 12.4. The van der Waals surface area contributed by atoms with E-state index in [0.717, 1.165) is 0 Å². The van der Waals surface area contributed by atoms with Gasteiger partial charge in [0, 0.05) is 39.5 Å². The second-order valence-electron chi connectivity index (χ2n) is 5.69. The van der Waals surface area contributed by atoms with Crippen molar-refractivity contribution in [1.29, 1.82) is 0 Å². The Morgan fingerprint density at radius 1 is 0.815 bits per heavy atom. The van der Waals surface area contributed by atoms with E-state index in [4.69, 9.17) is 10.2 Å².